The van der Waals surface area contributed by atoms with E-state index in [2.05, 4.69) is 10.4 Å². The lowest BCUT2D eigenvalue weighted by atomic mass is 10.3. The standard InChI is InChI=1S/C22H27N5O5S/c1-15-13-23-27(14-16-4-5-16)21(15)24-20(28)8-11-26-18-7-6-17(12-19(18)32-22(26)29)33(30,31)25-9-2-3-10-25/h6-7,12-13,16H,2-5,8-11,14H2,1H3,(H,24,28). The second kappa shape index (κ2) is 8.45. The fraction of sp³-hybridized carbons (Fsp3) is 0.500. The number of nitrogens with one attached hydrogen (secondary N) is 1. The lowest BCUT2D eigenvalue weighted by Gasteiger charge is -2.15. The maximum Gasteiger partial charge on any atom is 0.419 e. The number of aryl methyl sites for hydroxylation is 2. The Morgan fingerprint density at radius 3 is 2.73 bits per heavy atom. The highest BCUT2D eigenvalue weighted by Crippen LogP contribution is 2.32. The molecule has 1 amide bonds. The van der Waals surface area contributed by atoms with E-state index < -0.39 is 15.8 Å². The minimum Gasteiger partial charge on any atom is -0.408 e. The van der Waals surface area contributed by atoms with Crippen molar-refractivity contribution < 1.29 is 17.6 Å². The van der Waals surface area contributed by atoms with Crippen molar-refractivity contribution in [1.29, 1.82) is 0 Å². The second-order valence-corrected chi connectivity index (χ2v) is 10.8. The fourth-order valence-corrected chi connectivity index (χ4v) is 5.76. The Morgan fingerprint density at radius 1 is 1.24 bits per heavy atom. The van der Waals surface area contributed by atoms with Gasteiger partial charge in [-0.3, -0.25) is 9.36 Å². The van der Waals surface area contributed by atoms with Crippen LogP contribution in [0.3, 0.4) is 0 Å². The topological polar surface area (TPSA) is 119 Å². The molecule has 33 heavy (non-hydrogen) atoms. The lowest BCUT2D eigenvalue weighted by molar-refractivity contribution is -0.116. The first kappa shape index (κ1) is 21.9. The van der Waals surface area contributed by atoms with Gasteiger partial charge >= 0.3 is 5.76 Å². The molecule has 3 aromatic rings. The summed E-state index contributed by atoms with van der Waals surface area (Å²) in [6.07, 6.45) is 5.86. The first-order valence-electron chi connectivity index (χ1n) is 11.3. The Labute approximate surface area is 191 Å². The molecule has 1 saturated carbocycles. The molecule has 2 aliphatic rings. The number of amides is 1. The summed E-state index contributed by atoms with van der Waals surface area (Å²) in [4.78, 5) is 25.1. The molecule has 176 valence electrons. The SMILES string of the molecule is Cc1cnn(CC2CC2)c1NC(=O)CCn1c(=O)oc2cc(S(=O)(=O)N3CCCC3)ccc21. The van der Waals surface area contributed by atoms with Crippen LogP contribution in [0.1, 0.15) is 37.7 Å². The molecule has 1 saturated heterocycles. The molecule has 1 N–H and O–H groups in total. The van der Waals surface area contributed by atoms with Crippen molar-refractivity contribution >= 4 is 32.8 Å². The van der Waals surface area contributed by atoms with E-state index >= 15 is 0 Å². The van der Waals surface area contributed by atoms with Gasteiger partial charge in [0.2, 0.25) is 15.9 Å². The molecule has 1 aliphatic heterocycles. The van der Waals surface area contributed by atoms with Crippen LogP contribution in [0.2, 0.25) is 0 Å². The highest BCUT2D eigenvalue weighted by atomic mass is 32.2. The molecular weight excluding hydrogens is 446 g/mol. The number of benzene rings is 1. The molecule has 5 rings (SSSR count). The van der Waals surface area contributed by atoms with Gasteiger partial charge < -0.3 is 9.73 Å². The molecular formula is C22H27N5O5S. The first-order chi connectivity index (χ1) is 15.8. The van der Waals surface area contributed by atoms with Gasteiger partial charge in [0, 0.05) is 44.2 Å². The van der Waals surface area contributed by atoms with E-state index in [1.807, 2.05) is 11.6 Å². The van der Waals surface area contributed by atoms with Gasteiger partial charge in [0.15, 0.2) is 5.58 Å². The van der Waals surface area contributed by atoms with Gasteiger partial charge in [0.1, 0.15) is 5.82 Å². The normalized spacial score (nSPS) is 17.1. The Kier molecular flexibility index (Phi) is 5.61. The molecule has 11 heteroatoms. The molecule has 0 atom stereocenters. The van der Waals surface area contributed by atoms with Crippen LogP contribution in [0.5, 0.6) is 0 Å². The van der Waals surface area contributed by atoms with Gasteiger partial charge in [-0.15, -0.1) is 0 Å². The van der Waals surface area contributed by atoms with Crippen molar-refractivity contribution in [2.75, 3.05) is 18.4 Å². The molecule has 0 bridgehead atoms. The monoisotopic (exact) mass is 473 g/mol. The van der Waals surface area contributed by atoms with Gasteiger partial charge in [0.05, 0.1) is 16.6 Å². The summed E-state index contributed by atoms with van der Waals surface area (Å²) in [7, 11) is -3.61. The third-order valence-electron chi connectivity index (χ3n) is 6.31. The van der Waals surface area contributed by atoms with Crippen LogP contribution in [0, 0.1) is 12.8 Å². The molecule has 2 aromatic heterocycles. The Bertz CT molecular complexity index is 1360. The zero-order valence-corrected chi connectivity index (χ0v) is 19.3. The van der Waals surface area contributed by atoms with E-state index in [9.17, 15) is 18.0 Å². The number of hydrogen-bond donors (Lipinski definition) is 1. The first-order valence-corrected chi connectivity index (χ1v) is 12.7. The summed E-state index contributed by atoms with van der Waals surface area (Å²) in [5.74, 6) is 0.455. The Balaban J connectivity index is 1.30. The molecule has 0 radical (unpaired) electrons. The van der Waals surface area contributed by atoms with E-state index in [-0.39, 0.29) is 29.4 Å². The number of carbonyl (C=O) groups excluding carboxylic acids is 1. The van der Waals surface area contributed by atoms with Crippen LogP contribution >= 0.6 is 0 Å². The van der Waals surface area contributed by atoms with Crippen LogP contribution < -0.4 is 11.1 Å². The third-order valence-corrected chi connectivity index (χ3v) is 8.21. The van der Waals surface area contributed by atoms with Crippen molar-refractivity contribution in [3.8, 4) is 0 Å². The van der Waals surface area contributed by atoms with Gasteiger partial charge in [-0.1, -0.05) is 0 Å². The van der Waals surface area contributed by atoms with E-state index in [1.165, 1.54) is 33.8 Å². The molecule has 0 spiro atoms. The van der Waals surface area contributed by atoms with Gasteiger partial charge in [0.25, 0.3) is 0 Å². The third kappa shape index (κ3) is 4.34. The second-order valence-electron chi connectivity index (χ2n) is 8.86. The predicted octanol–water partition coefficient (Wildman–Crippen LogP) is 2.32. The number of anilines is 1. The van der Waals surface area contributed by atoms with Gasteiger partial charge in [-0.2, -0.15) is 9.40 Å². The van der Waals surface area contributed by atoms with Gasteiger partial charge in [-0.05, 0) is 50.7 Å². The summed E-state index contributed by atoms with van der Waals surface area (Å²) in [5, 5.41) is 7.26. The predicted molar refractivity (Wildman–Crippen MR) is 121 cm³/mol. The number of aromatic nitrogens is 3. The number of sulfonamides is 1. The minimum atomic E-state index is -3.61. The van der Waals surface area contributed by atoms with Crippen LogP contribution in [-0.4, -0.2) is 46.1 Å². The summed E-state index contributed by atoms with van der Waals surface area (Å²) in [6, 6.07) is 4.44. The highest BCUT2D eigenvalue weighted by molar-refractivity contribution is 7.89. The van der Waals surface area contributed by atoms with E-state index in [1.54, 1.807) is 12.3 Å². The zero-order valence-electron chi connectivity index (χ0n) is 18.5. The van der Waals surface area contributed by atoms with Crippen LogP contribution in [0.25, 0.3) is 11.1 Å². The molecule has 2 fully saturated rings. The van der Waals surface area contributed by atoms with E-state index in [0.717, 1.165) is 24.9 Å². The smallest absolute Gasteiger partial charge is 0.408 e. The summed E-state index contributed by atoms with van der Waals surface area (Å²) >= 11 is 0. The zero-order chi connectivity index (χ0) is 23.2. The lowest BCUT2D eigenvalue weighted by Crippen LogP contribution is -2.27. The summed E-state index contributed by atoms with van der Waals surface area (Å²) in [5.41, 5.74) is 1.55. The van der Waals surface area contributed by atoms with Crippen LogP contribution in [0.15, 0.2) is 38.5 Å². The number of nitrogens with zero attached hydrogens (tertiary/aromatic N) is 4. The van der Waals surface area contributed by atoms with Crippen molar-refractivity contribution in [3.05, 3.63) is 40.5 Å². The number of fused-ring (bicyclic) bond motifs is 1. The molecule has 1 aromatic carbocycles. The number of rotatable bonds is 8. The highest BCUT2D eigenvalue weighted by Gasteiger charge is 2.28. The van der Waals surface area contributed by atoms with Crippen molar-refractivity contribution in [2.24, 2.45) is 5.92 Å². The molecule has 10 nitrogen and oxygen atoms in total. The quantitative estimate of drug-likeness (QED) is 0.536. The fourth-order valence-electron chi connectivity index (χ4n) is 4.23. The number of oxazole rings is 1. The largest absolute Gasteiger partial charge is 0.419 e. The van der Waals surface area contributed by atoms with E-state index in [4.69, 9.17) is 4.42 Å². The average Bonchev–Trinajstić information content (AvgIpc) is 3.16. The molecule has 0 unspecified atom stereocenters. The van der Waals surface area contributed by atoms with Crippen LogP contribution in [0.4, 0.5) is 5.82 Å². The van der Waals surface area contributed by atoms with Crippen LogP contribution in [-0.2, 0) is 27.9 Å². The van der Waals surface area contributed by atoms with E-state index in [0.29, 0.717) is 30.3 Å². The number of carbonyl (C=O) groups is 1. The number of hydrogen-bond acceptors (Lipinski definition) is 6. The maximum atomic E-state index is 12.8. The Hall–Kier alpha value is -2.92. The minimum absolute atomic E-state index is 0.0659. The van der Waals surface area contributed by atoms with Crippen molar-refractivity contribution in [2.45, 2.75) is 57.0 Å². The molecule has 1 aliphatic carbocycles. The summed E-state index contributed by atoms with van der Waals surface area (Å²) < 4.78 is 35.5. The maximum absolute atomic E-state index is 12.8. The average molecular weight is 474 g/mol. The van der Waals surface area contributed by atoms with Crippen molar-refractivity contribution in [1.82, 2.24) is 18.7 Å². The Morgan fingerprint density at radius 2 is 2.00 bits per heavy atom. The van der Waals surface area contributed by atoms with Gasteiger partial charge in [-0.25, -0.2) is 17.9 Å². The molecule has 3 heterocycles. The summed E-state index contributed by atoms with van der Waals surface area (Å²) in [6.45, 7) is 3.80. The van der Waals surface area contributed by atoms with Crippen molar-refractivity contribution in [3.63, 3.8) is 0 Å².